The summed E-state index contributed by atoms with van der Waals surface area (Å²) in [7, 11) is 0. The van der Waals surface area contributed by atoms with Crippen LogP contribution in [0.5, 0.6) is 0 Å². The first kappa shape index (κ1) is 13.9. The molecule has 1 N–H and O–H groups in total. The van der Waals surface area contributed by atoms with Crippen molar-refractivity contribution in [3.8, 4) is 11.4 Å². The van der Waals surface area contributed by atoms with E-state index in [1.54, 1.807) is 10.9 Å². The summed E-state index contributed by atoms with van der Waals surface area (Å²) in [6.45, 7) is 3.29. The van der Waals surface area contributed by atoms with Gasteiger partial charge in [-0.05, 0) is 37.5 Å². The average Bonchev–Trinajstić information content (AvgIpc) is 3.33. The predicted molar refractivity (Wildman–Crippen MR) is 81.9 cm³/mol. The molecule has 0 amide bonds. The fourth-order valence-electron chi connectivity index (χ4n) is 2.27. The van der Waals surface area contributed by atoms with Crippen molar-refractivity contribution in [3.63, 3.8) is 0 Å². The largest absolute Gasteiger partial charge is 0.310 e. The fraction of sp³-hybridized carbons (Fsp3) is 0.438. The van der Waals surface area contributed by atoms with E-state index in [9.17, 15) is 4.79 Å². The standard InChI is InChI=1S/C16H20N4O/c1-2-9-20-16(21)12(11-18-13-6-7-13)10-15(19-20)14-5-3-4-8-17-14/h3-5,8,10,13,18H,2,6-7,9,11H2,1H3. The molecule has 2 aromatic heterocycles. The first-order valence-corrected chi connectivity index (χ1v) is 7.53. The average molecular weight is 284 g/mol. The molecular formula is C16H20N4O. The smallest absolute Gasteiger partial charge is 0.271 e. The van der Waals surface area contributed by atoms with Crippen molar-refractivity contribution in [2.75, 3.05) is 0 Å². The summed E-state index contributed by atoms with van der Waals surface area (Å²) in [5.41, 5.74) is 2.34. The first-order valence-electron chi connectivity index (χ1n) is 7.53. The number of aromatic nitrogens is 3. The van der Waals surface area contributed by atoms with E-state index >= 15 is 0 Å². The summed E-state index contributed by atoms with van der Waals surface area (Å²) < 4.78 is 1.56. The number of aryl methyl sites for hydroxylation is 1. The van der Waals surface area contributed by atoms with E-state index in [1.165, 1.54) is 12.8 Å². The van der Waals surface area contributed by atoms with E-state index in [-0.39, 0.29) is 5.56 Å². The van der Waals surface area contributed by atoms with Crippen LogP contribution in [-0.4, -0.2) is 20.8 Å². The van der Waals surface area contributed by atoms with Crippen LogP contribution in [0.15, 0.2) is 35.3 Å². The monoisotopic (exact) mass is 284 g/mol. The van der Waals surface area contributed by atoms with Gasteiger partial charge in [0.05, 0.1) is 5.69 Å². The Labute approximate surface area is 124 Å². The summed E-state index contributed by atoms with van der Waals surface area (Å²) in [5, 5.41) is 7.85. The fourth-order valence-corrected chi connectivity index (χ4v) is 2.27. The van der Waals surface area contributed by atoms with Gasteiger partial charge >= 0.3 is 0 Å². The summed E-state index contributed by atoms with van der Waals surface area (Å²) in [6.07, 6.45) is 5.05. The van der Waals surface area contributed by atoms with E-state index in [1.807, 2.05) is 31.2 Å². The Hall–Kier alpha value is -2.01. The summed E-state index contributed by atoms with van der Waals surface area (Å²) in [6, 6.07) is 8.17. The lowest BCUT2D eigenvalue weighted by Crippen LogP contribution is -2.30. The third-order valence-electron chi connectivity index (χ3n) is 3.57. The molecule has 5 heteroatoms. The van der Waals surface area contributed by atoms with Gasteiger partial charge in [-0.25, -0.2) is 4.68 Å². The van der Waals surface area contributed by atoms with Crippen LogP contribution < -0.4 is 10.9 Å². The molecule has 0 saturated heterocycles. The van der Waals surface area contributed by atoms with Crippen molar-refractivity contribution < 1.29 is 0 Å². The van der Waals surface area contributed by atoms with Crippen LogP contribution in [0, 0.1) is 0 Å². The molecule has 0 bridgehead atoms. The van der Waals surface area contributed by atoms with Crippen LogP contribution >= 0.6 is 0 Å². The lowest BCUT2D eigenvalue weighted by molar-refractivity contribution is 0.557. The van der Waals surface area contributed by atoms with Crippen molar-refractivity contribution in [1.82, 2.24) is 20.1 Å². The van der Waals surface area contributed by atoms with E-state index in [0.29, 0.717) is 19.1 Å². The second kappa shape index (κ2) is 6.18. The van der Waals surface area contributed by atoms with Gasteiger partial charge in [0.15, 0.2) is 0 Å². The zero-order chi connectivity index (χ0) is 14.7. The van der Waals surface area contributed by atoms with Gasteiger partial charge in [-0.15, -0.1) is 0 Å². The Kier molecular flexibility index (Phi) is 4.10. The number of hydrogen-bond donors (Lipinski definition) is 1. The number of nitrogens with one attached hydrogen (secondary N) is 1. The van der Waals surface area contributed by atoms with Gasteiger partial charge in [-0.1, -0.05) is 13.0 Å². The van der Waals surface area contributed by atoms with Crippen molar-refractivity contribution in [2.45, 2.75) is 45.3 Å². The van der Waals surface area contributed by atoms with Gasteiger partial charge in [0, 0.05) is 30.9 Å². The second-order valence-electron chi connectivity index (χ2n) is 5.45. The Bertz CT molecular complexity index is 662. The molecule has 0 atom stereocenters. The maximum absolute atomic E-state index is 12.4. The molecular weight excluding hydrogens is 264 g/mol. The number of hydrogen-bond acceptors (Lipinski definition) is 4. The van der Waals surface area contributed by atoms with Gasteiger partial charge in [-0.3, -0.25) is 9.78 Å². The number of nitrogens with zero attached hydrogens (tertiary/aromatic N) is 3. The van der Waals surface area contributed by atoms with Gasteiger partial charge in [0.25, 0.3) is 5.56 Å². The van der Waals surface area contributed by atoms with E-state index in [4.69, 9.17) is 0 Å². The maximum Gasteiger partial charge on any atom is 0.271 e. The molecule has 0 aromatic carbocycles. The van der Waals surface area contributed by atoms with Crippen LogP contribution in [0.4, 0.5) is 0 Å². The highest BCUT2D eigenvalue weighted by Gasteiger charge is 2.21. The van der Waals surface area contributed by atoms with Crippen LogP contribution in [-0.2, 0) is 13.1 Å². The molecule has 0 spiro atoms. The minimum absolute atomic E-state index is 0.00433. The molecule has 0 aliphatic heterocycles. The topological polar surface area (TPSA) is 59.8 Å². The molecule has 110 valence electrons. The van der Waals surface area contributed by atoms with Gasteiger partial charge in [0.2, 0.25) is 0 Å². The van der Waals surface area contributed by atoms with Crippen molar-refractivity contribution in [2.24, 2.45) is 0 Å². The van der Waals surface area contributed by atoms with Gasteiger partial charge in [0.1, 0.15) is 5.69 Å². The quantitative estimate of drug-likeness (QED) is 0.881. The SMILES string of the molecule is CCCn1nc(-c2ccccn2)cc(CNC2CC2)c1=O. The molecule has 5 nitrogen and oxygen atoms in total. The third-order valence-corrected chi connectivity index (χ3v) is 3.57. The molecule has 1 aliphatic rings. The van der Waals surface area contributed by atoms with E-state index in [2.05, 4.69) is 15.4 Å². The van der Waals surface area contributed by atoms with Crippen molar-refractivity contribution >= 4 is 0 Å². The first-order chi connectivity index (χ1) is 10.3. The Morgan fingerprint density at radius 1 is 1.33 bits per heavy atom. The third kappa shape index (κ3) is 3.36. The summed E-state index contributed by atoms with van der Waals surface area (Å²) >= 11 is 0. The Morgan fingerprint density at radius 2 is 2.19 bits per heavy atom. The molecule has 2 heterocycles. The van der Waals surface area contributed by atoms with Crippen LogP contribution in [0.3, 0.4) is 0 Å². The minimum atomic E-state index is 0.00433. The zero-order valence-electron chi connectivity index (χ0n) is 12.2. The summed E-state index contributed by atoms with van der Waals surface area (Å²) in [5.74, 6) is 0. The maximum atomic E-state index is 12.4. The minimum Gasteiger partial charge on any atom is -0.310 e. The molecule has 2 aromatic rings. The van der Waals surface area contributed by atoms with Crippen LogP contribution in [0.25, 0.3) is 11.4 Å². The highest BCUT2D eigenvalue weighted by Crippen LogP contribution is 2.19. The lowest BCUT2D eigenvalue weighted by atomic mass is 10.2. The Morgan fingerprint density at radius 3 is 2.86 bits per heavy atom. The molecule has 1 aliphatic carbocycles. The predicted octanol–water partition coefficient (Wildman–Crippen LogP) is 1.97. The molecule has 21 heavy (non-hydrogen) atoms. The molecule has 1 saturated carbocycles. The van der Waals surface area contributed by atoms with Crippen LogP contribution in [0.2, 0.25) is 0 Å². The second-order valence-corrected chi connectivity index (χ2v) is 5.45. The van der Waals surface area contributed by atoms with Gasteiger partial charge < -0.3 is 5.32 Å². The summed E-state index contributed by atoms with van der Waals surface area (Å²) in [4.78, 5) is 16.7. The lowest BCUT2D eigenvalue weighted by Gasteiger charge is -2.10. The van der Waals surface area contributed by atoms with E-state index < -0.39 is 0 Å². The molecule has 1 fully saturated rings. The molecule has 0 radical (unpaired) electrons. The zero-order valence-corrected chi connectivity index (χ0v) is 12.2. The highest BCUT2D eigenvalue weighted by molar-refractivity contribution is 5.53. The van der Waals surface area contributed by atoms with Crippen molar-refractivity contribution in [1.29, 1.82) is 0 Å². The molecule has 0 unspecified atom stereocenters. The number of pyridine rings is 1. The van der Waals surface area contributed by atoms with E-state index in [0.717, 1.165) is 23.4 Å². The highest BCUT2D eigenvalue weighted by atomic mass is 16.1. The van der Waals surface area contributed by atoms with Gasteiger partial charge in [-0.2, -0.15) is 5.10 Å². The molecule has 3 rings (SSSR count). The normalized spacial score (nSPS) is 14.3. The van der Waals surface area contributed by atoms with Crippen LogP contribution in [0.1, 0.15) is 31.7 Å². The Balaban J connectivity index is 1.97. The van der Waals surface area contributed by atoms with Crippen molar-refractivity contribution in [3.05, 3.63) is 46.4 Å². The number of rotatable bonds is 6.